The predicted octanol–water partition coefficient (Wildman–Crippen LogP) is 1.53. The van der Waals surface area contributed by atoms with Crippen LogP contribution in [0.2, 0.25) is 0 Å². The number of rotatable bonds is 5. The maximum absolute atomic E-state index is 11.7. The van der Waals surface area contributed by atoms with Crippen LogP contribution in [0.15, 0.2) is 0 Å². The lowest BCUT2D eigenvalue weighted by Crippen LogP contribution is -2.24. The molecule has 0 saturated heterocycles. The molecule has 84 valence electrons. The van der Waals surface area contributed by atoms with E-state index in [-0.39, 0.29) is 5.91 Å². The molecule has 1 N–H and O–H groups in total. The van der Waals surface area contributed by atoms with E-state index >= 15 is 0 Å². The molecule has 1 rings (SSSR count). The lowest BCUT2D eigenvalue weighted by Gasteiger charge is -2.02. The summed E-state index contributed by atoms with van der Waals surface area (Å²) in [6, 6.07) is 0. The normalized spacial score (nSPS) is 10.3. The molecule has 0 fully saturated rings. The topological polar surface area (TPSA) is 51.2 Å². The van der Waals surface area contributed by atoms with Crippen LogP contribution in [0.3, 0.4) is 0 Å². The van der Waals surface area contributed by atoms with Gasteiger partial charge in [-0.15, -0.1) is 11.3 Å². The highest BCUT2D eigenvalue weighted by atomic mass is 32.1. The number of hydrogen-bond donors (Lipinski definition) is 1. The zero-order valence-corrected chi connectivity index (χ0v) is 10.1. The first kappa shape index (κ1) is 12.1. The van der Waals surface area contributed by atoms with Gasteiger partial charge >= 0.3 is 0 Å². The van der Waals surface area contributed by atoms with Crippen molar-refractivity contribution in [2.45, 2.75) is 20.3 Å². The van der Waals surface area contributed by atoms with Gasteiger partial charge in [0.05, 0.1) is 10.7 Å². The van der Waals surface area contributed by atoms with Crippen molar-refractivity contribution >= 4 is 17.2 Å². The maximum atomic E-state index is 11.7. The Bertz CT molecular complexity index is 336. The number of carbonyl (C=O) groups is 1. The molecule has 1 aromatic heterocycles. The van der Waals surface area contributed by atoms with Gasteiger partial charge in [-0.3, -0.25) is 4.79 Å². The van der Waals surface area contributed by atoms with E-state index in [1.165, 1.54) is 11.3 Å². The van der Waals surface area contributed by atoms with Crippen molar-refractivity contribution in [1.82, 2.24) is 10.3 Å². The number of aromatic nitrogens is 1. The van der Waals surface area contributed by atoms with E-state index < -0.39 is 0 Å². The highest BCUT2D eigenvalue weighted by Crippen LogP contribution is 2.16. The van der Waals surface area contributed by atoms with E-state index in [2.05, 4.69) is 10.3 Å². The van der Waals surface area contributed by atoms with Gasteiger partial charge in [-0.05, 0) is 20.3 Å². The van der Waals surface area contributed by atoms with Crippen LogP contribution in [0, 0.1) is 13.8 Å². The third-order valence-electron chi connectivity index (χ3n) is 1.92. The number of thiazole rings is 1. The van der Waals surface area contributed by atoms with Gasteiger partial charge < -0.3 is 10.1 Å². The molecule has 0 unspecified atom stereocenters. The number of aryl methyl sites for hydroxylation is 2. The zero-order chi connectivity index (χ0) is 11.3. The zero-order valence-electron chi connectivity index (χ0n) is 9.29. The standard InChI is InChI=1S/C10H16N2O2S/c1-7-9(15-8(2)12-7)10(13)11-5-4-6-14-3/h4-6H2,1-3H3,(H,11,13). The molecule has 1 heterocycles. The summed E-state index contributed by atoms with van der Waals surface area (Å²) >= 11 is 1.43. The maximum Gasteiger partial charge on any atom is 0.263 e. The van der Waals surface area contributed by atoms with Crippen LogP contribution in [0.25, 0.3) is 0 Å². The minimum absolute atomic E-state index is 0.0331. The molecular formula is C10H16N2O2S. The largest absolute Gasteiger partial charge is 0.385 e. The fraction of sp³-hybridized carbons (Fsp3) is 0.600. The Morgan fingerprint density at radius 1 is 1.53 bits per heavy atom. The van der Waals surface area contributed by atoms with Gasteiger partial charge in [0.25, 0.3) is 5.91 Å². The fourth-order valence-corrected chi connectivity index (χ4v) is 2.08. The van der Waals surface area contributed by atoms with Crippen LogP contribution in [-0.2, 0) is 4.74 Å². The average Bonchev–Trinajstić information content (AvgIpc) is 2.52. The first-order valence-corrected chi connectivity index (χ1v) is 5.68. The molecule has 1 aromatic rings. The summed E-state index contributed by atoms with van der Waals surface area (Å²) in [6.45, 7) is 5.07. The first-order chi connectivity index (χ1) is 7.15. The van der Waals surface area contributed by atoms with Crippen molar-refractivity contribution in [3.8, 4) is 0 Å². The molecule has 0 aliphatic rings. The van der Waals surface area contributed by atoms with Gasteiger partial charge in [-0.2, -0.15) is 0 Å². The Hall–Kier alpha value is -0.940. The molecule has 5 heteroatoms. The van der Waals surface area contributed by atoms with Crippen molar-refractivity contribution in [2.75, 3.05) is 20.3 Å². The number of carbonyl (C=O) groups excluding carboxylic acids is 1. The van der Waals surface area contributed by atoms with E-state index in [0.29, 0.717) is 18.0 Å². The Morgan fingerprint density at radius 3 is 2.80 bits per heavy atom. The van der Waals surface area contributed by atoms with Crippen LogP contribution in [-0.4, -0.2) is 31.2 Å². The molecule has 0 radical (unpaired) electrons. The van der Waals surface area contributed by atoms with Crippen LogP contribution >= 0.6 is 11.3 Å². The van der Waals surface area contributed by atoms with Gasteiger partial charge in [-0.1, -0.05) is 0 Å². The Kier molecular flexibility index (Phi) is 4.71. The molecule has 0 aliphatic heterocycles. The fourth-order valence-electron chi connectivity index (χ4n) is 1.24. The lowest BCUT2D eigenvalue weighted by molar-refractivity contribution is 0.0952. The van der Waals surface area contributed by atoms with Crippen LogP contribution in [0.5, 0.6) is 0 Å². The van der Waals surface area contributed by atoms with Gasteiger partial charge in [0, 0.05) is 20.3 Å². The predicted molar refractivity (Wildman–Crippen MR) is 60.4 cm³/mol. The minimum atomic E-state index is -0.0331. The minimum Gasteiger partial charge on any atom is -0.385 e. The van der Waals surface area contributed by atoms with E-state index in [1.807, 2.05) is 13.8 Å². The second-order valence-corrected chi connectivity index (χ2v) is 4.45. The van der Waals surface area contributed by atoms with Crippen molar-refractivity contribution in [3.05, 3.63) is 15.6 Å². The SMILES string of the molecule is COCCCNC(=O)c1sc(C)nc1C. The number of methoxy groups -OCH3 is 1. The number of hydrogen-bond acceptors (Lipinski definition) is 4. The molecule has 0 atom stereocenters. The smallest absolute Gasteiger partial charge is 0.263 e. The van der Waals surface area contributed by atoms with Crippen molar-refractivity contribution in [3.63, 3.8) is 0 Å². The molecule has 0 bridgehead atoms. The van der Waals surface area contributed by atoms with E-state index in [1.54, 1.807) is 7.11 Å². The second kappa shape index (κ2) is 5.82. The average molecular weight is 228 g/mol. The molecular weight excluding hydrogens is 212 g/mol. The summed E-state index contributed by atoms with van der Waals surface area (Å²) in [5.41, 5.74) is 0.807. The van der Waals surface area contributed by atoms with Crippen LogP contribution < -0.4 is 5.32 Å². The van der Waals surface area contributed by atoms with Crippen LogP contribution in [0.1, 0.15) is 26.8 Å². The third kappa shape index (κ3) is 3.60. The molecule has 0 aliphatic carbocycles. The Labute approximate surface area is 93.7 Å². The third-order valence-corrected chi connectivity index (χ3v) is 2.99. The second-order valence-electron chi connectivity index (χ2n) is 3.25. The summed E-state index contributed by atoms with van der Waals surface area (Å²) in [6.07, 6.45) is 0.832. The molecule has 0 spiro atoms. The monoisotopic (exact) mass is 228 g/mol. The number of nitrogens with one attached hydrogen (secondary N) is 1. The van der Waals surface area contributed by atoms with Gasteiger partial charge in [-0.25, -0.2) is 4.98 Å². The van der Waals surface area contributed by atoms with E-state index in [0.717, 1.165) is 17.1 Å². The molecule has 0 saturated carbocycles. The summed E-state index contributed by atoms with van der Waals surface area (Å²) in [5, 5.41) is 3.76. The van der Waals surface area contributed by atoms with Gasteiger partial charge in [0.1, 0.15) is 4.88 Å². The Morgan fingerprint density at radius 2 is 2.27 bits per heavy atom. The summed E-state index contributed by atoms with van der Waals surface area (Å²) in [7, 11) is 1.65. The van der Waals surface area contributed by atoms with E-state index in [9.17, 15) is 4.79 Å². The van der Waals surface area contributed by atoms with E-state index in [4.69, 9.17) is 4.74 Å². The van der Waals surface area contributed by atoms with Crippen LogP contribution in [0.4, 0.5) is 0 Å². The lowest BCUT2D eigenvalue weighted by atomic mass is 10.3. The van der Waals surface area contributed by atoms with Crippen molar-refractivity contribution in [1.29, 1.82) is 0 Å². The molecule has 4 nitrogen and oxygen atoms in total. The molecule has 1 amide bonds. The highest BCUT2D eigenvalue weighted by Gasteiger charge is 2.12. The summed E-state index contributed by atoms with van der Waals surface area (Å²) in [4.78, 5) is 16.6. The Balaban J connectivity index is 2.43. The summed E-state index contributed by atoms with van der Waals surface area (Å²) in [5.74, 6) is -0.0331. The quantitative estimate of drug-likeness (QED) is 0.777. The molecule has 15 heavy (non-hydrogen) atoms. The van der Waals surface area contributed by atoms with Crippen molar-refractivity contribution in [2.24, 2.45) is 0 Å². The first-order valence-electron chi connectivity index (χ1n) is 4.86. The highest BCUT2D eigenvalue weighted by molar-refractivity contribution is 7.13. The van der Waals surface area contributed by atoms with Crippen molar-refractivity contribution < 1.29 is 9.53 Å². The number of ether oxygens (including phenoxy) is 1. The van der Waals surface area contributed by atoms with Gasteiger partial charge in [0.2, 0.25) is 0 Å². The summed E-state index contributed by atoms with van der Waals surface area (Å²) < 4.78 is 4.90. The molecule has 0 aromatic carbocycles. The number of nitrogens with zero attached hydrogens (tertiary/aromatic N) is 1. The number of amides is 1. The van der Waals surface area contributed by atoms with Gasteiger partial charge in [0.15, 0.2) is 0 Å².